The number of aromatic hydroxyl groups is 1. The van der Waals surface area contributed by atoms with E-state index in [-0.39, 0.29) is 18.1 Å². The van der Waals surface area contributed by atoms with Crippen LogP contribution in [-0.4, -0.2) is 28.3 Å². The van der Waals surface area contributed by atoms with Crippen LogP contribution in [0, 0.1) is 0 Å². The number of nitrogens with one attached hydrogen (secondary N) is 1. The van der Waals surface area contributed by atoms with Gasteiger partial charge in [-0.2, -0.15) is 4.98 Å². The van der Waals surface area contributed by atoms with Gasteiger partial charge in [-0.15, -0.1) is 0 Å². The van der Waals surface area contributed by atoms with Gasteiger partial charge in [-0.05, 0) is 48.5 Å². The minimum absolute atomic E-state index is 0.148. The average Bonchev–Trinajstić information content (AvgIpc) is 3.11. The van der Waals surface area contributed by atoms with Crippen LogP contribution in [0.1, 0.15) is 12.3 Å². The van der Waals surface area contributed by atoms with Gasteiger partial charge in [-0.25, -0.2) is 0 Å². The number of nitrogens with zero attached hydrogens (tertiary/aromatic N) is 2. The number of hydrogen-bond donors (Lipinski definition) is 2. The molecule has 0 spiro atoms. The van der Waals surface area contributed by atoms with Crippen LogP contribution in [-0.2, 0) is 11.2 Å². The Morgan fingerprint density at radius 1 is 1.16 bits per heavy atom. The fraction of sp³-hybridized carbons (Fsp3) is 0.167. The molecule has 2 aromatic carbocycles. The summed E-state index contributed by atoms with van der Waals surface area (Å²) in [4.78, 5) is 16.2. The summed E-state index contributed by atoms with van der Waals surface area (Å²) in [6.45, 7) is 0. The van der Waals surface area contributed by atoms with Crippen molar-refractivity contribution in [2.45, 2.75) is 12.8 Å². The van der Waals surface area contributed by atoms with E-state index in [2.05, 4.69) is 15.5 Å². The zero-order valence-corrected chi connectivity index (χ0v) is 13.6. The van der Waals surface area contributed by atoms with Gasteiger partial charge in [0.2, 0.25) is 17.6 Å². The molecule has 0 unspecified atom stereocenters. The molecule has 0 atom stereocenters. The predicted octanol–water partition coefficient (Wildman–Crippen LogP) is 3.02. The molecule has 0 aliphatic rings. The Labute approximate surface area is 144 Å². The number of benzene rings is 2. The molecule has 7 nitrogen and oxygen atoms in total. The Bertz CT molecular complexity index is 842. The lowest BCUT2D eigenvalue weighted by atomic mass is 10.2. The van der Waals surface area contributed by atoms with Crippen LogP contribution < -0.4 is 10.1 Å². The van der Waals surface area contributed by atoms with Crippen LogP contribution >= 0.6 is 0 Å². The molecule has 3 aromatic rings. The lowest BCUT2D eigenvalue weighted by Gasteiger charge is -2.03. The van der Waals surface area contributed by atoms with Gasteiger partial charge >= 0.3 is 0 Å². The third kappa shape index (κ3) is 4.35. The number of anilines is 1. The second-order valence-electron chi connectivity index (χ2n) is 5.34. The topological polar surface area (TPSA) is 97.5 Å². The number of amides is 1. The minimum Gasteiger partial charge on any atom is -0.508 e. The first-order valence-electron chi connectivity index (χ1n) is 7.70. The SMILES string of the molecule is COc1ccc(-c2noc(CCC(=O)Nc3ccc(O)cc3)n2)cc1. The third-order valence-corrected chi connectivity index (χ3v) is 3.53. The molecule has 0 aliphatic heterocycles. The van der Waals surface area contributed by atoms with Gasteiger partial charge in [0.15, 0.2) is 0 Å². The number of carbonyl (C=O) groups excluding carboxylic acids is 1. The summed E-state index contributed by atoms with van der Waals surface area (Å²) in [5.41, 5.74) is 1.43. The largest absolute Gasteiger partial charge is 0.508 e. The van der Waals surface area contributed by atoms with Crippen molar-refractivity contribution in [2.75, 3.05) is 12.4 Å². The lowest BCUT2D eigenvalue weighted by Crippen LogP contribution is -2.12. The van der Waals surface area contributed by atoms with Crippen molar-refractivity contribution in [1.29, 1.82) is 0 Å². The quantitative estimate of drug-likeness (QED) is 0.670. The van der Waals surface area contributed by atoms with E-state index in [1.165, 1.54) is 12.1 Å². The number of aromatic nitrogens is 2. The summed E-state index contributed by atoms with van der Waals surface area (Å²) in [5, 5.41) is 15.9. The summed E-state index contributed by atoms with van der Waals surface area (Å²) in [7, 11) is 1.60. The Balaban J connectivity index is 1.55. The first-order valence-corrected chi connectivity index (χ1v) is 7.70. The van der Waals surface area contributed by atoms with Crippen molar-refractivity contribution in [3.63, 3.8) is 0 Å². The van der Waals surface area contributed by atoms with Gasteiger partial charge in [-0.3, -0.25) is 4.79 Å². The summed E-state index contributed by atoms with van der Waals surface area (Å²) in [6, 6.07) is 13.6. The van der Waals surface area contributed by atoms with Crippen LogP contribution in [0.25, 0.3) is 11.4 Å². The third-order valence-electron chi connectivity index (χ3n) is 3.53. The first-order chi connectivity index (χ1) is 12.1. The van der Waals surface area contributed by atoms with Gasteiger partial charge in [0.05, 0.1) is 7.11 Å². The molecule has 3 rings (SSSR count). The molecule has 0 fully saturated rings. The van der Waals surface area contributed by atoms with Crippen molar-refractivity contribution >= 4 is 11.6 Å². The van der Waals surface area contributed by atoms with Crippen molar-refractivity contribution in [3.8, 4) is 22.9 Å². The fourth-order valence-corrected chi connectivity index (χ4v) is 2.20. The number of rotatable bonds is 6. The highest BCUT2D eigenvalue weighted by Gasteiger charge is 2.11. The molecule has 128 valence electrons. The number of methoxy groups -OCH3 is 1. The predicted molar refractivity (Wildman–Crippen MR) is 91.3 cm³/mol. The number of hydrogen-bond acceptors (Lipinski definition) is 6. The van der Waals surface area contributed by atoms with Crippen LogP contribution in [0.15, 0.2) is 53.1 Å². The van der Waals surface area contributed by atoms with Crippen molar-refractivity contribution in [2.24, 2.45) is 0 Å². The maximum atomic E-state index is 11.9. The smallest absolute Gasteiger partial charge is 0.227 e. The van der Waals surface area contributed by atoms with Crippen molar-refractivity contribution in [3.05, 3.63) is 54.4 Å². The molecule has 7 heteroatoms. The van der Waals surface area contributed by atoms with Crippen molar-refractivity contribution < 1.29 is 19.2 Å². The molecular formula is C18H17N3O4. The highest BCUT2D eigenvalue weighted by molar-refractivity contribution is 5.90. The zero-order valence-electron chi connectivity index (χ0n) is 13.6. The first kappa shape index (κ1) is 16.5. The molecule has 25 heavy (non-hydrogen) atoms. The molecule has 1 aromatic heterocycles. The molecular weight excluding hydrogens is 322 g/mol. The number of phenols is 1. The monoisotopic (exact) mass is 339 g/mol. The van der Waals surface area contributed by atoms with E-state index in [0.717, 1.165) is 11.3 Å². The molecule has 0 saturated carbocycles. The Morgan fingerprint density at radius 2 is 1.88 bits per heavy atom. The fourth-order valence-electron chi connectivity index (χ4n) is 2.20. The number of ether oxygens (including phenoxy) is 1. The Kier molecular flexibility index (Phi) is 4.94. The van der Waals surface area contributed by atoms with Gasteiger partial charge in [-0.1, -0.05) is 5.16 Å². The highest BCUT2D eigenvalue weighted by atomic mass is 16.5. The summed E-state index contributed by atoms with van der Waals surface area (Å²) < 4.78 is 10.3. The molecule has 0 bridgehead atoms. The summed E-state index contributed by atoms with van der Waals surface area (Å²) >= 11 is 0. The number of aryl methyl sites for hydroxylation is 1. The number of phenolic OH excluding ortho intramolecular Hbond substituents is 1. The maximum Gasteiger partial charge on any atom is 0.227 e. The van der Waals surface area contributed by atoms with Crippen LogP contribution in [0.4, 0.5) is 5.69 Å². The van der Waals surface area contributed by atoms with E-state index in [0.29, 0.717) is 23.8 Å². The van der Waals surface area contributed by atoms with Crippen molar-refractivity contribution in [1.82, 2.24) is 10.1 Å². The maximum absolute atomic E-state index is 11.9. The van der Waals surface area contributed by atoms with Gasteiger partial charge in [0.1, 0.15) is 11.5 Å². The molecule has 1 heterocycles. The lowest BCUT2D eigenvalue weighted by molar-refractivity contribution is -0.116. The molecule has 0 radical (unpaired) electrons. The van der Waals surface area contributed by atoms with Gasteiger partial charge in [0, 0.05) is 24.1 Å². The molecule has 0 saturated heterocycles. The normalized spacial score (nSPS) is 10.4. The number of carbonyl (C=O) groups is 1. The van der Waals surface area contributed by atoms with Crippen LogP contribution in [0.3, 0.4) is 0 Å². The van der Waals surface area contributed by atoms with Gasteiger partial charge in [0.25, 0.3) is 0 Å². The van der Waals surface area contributed by atoms with E-state index in [9.17, 15) is 9.90 Å². The minimum atomic E-state index is -0.171. The van der Waals surface area contributed by atoms with Crippen LogP contribution in [0.5, 0.6) is 11.5 Å². The van der Waals surface area contributed by atoms with E-state index < -0.39 is 0 Å². The van der Waals surface area contributed by atoms with Crippen LogP contribution in [0.2, 0.25) is 0 Å². The second kappa shape index (κ2) is 7.48. The second-order valence-corrected chi connectivity index (χ2v) is 5.34. The molecule has 0 aliphatic carbocycles. The molecule has 2 N–H and O–H groups in total. The van der Waals surface area contributed by atoms with E-state index in [1.807, 2.05) is 24.3 Å². The Hall–Kier alpha value is -3.35. The summed E-state index contributed by atoms with van der Waals surface area (Å²) in [6.07, 6.45) is 0.554. The van der Waals surface area contributed by atoms with E-state index >= 15 is 0 Å². The van der Waals surface area contributed by atoms with E-state index in [4.69, 9.17) is 9.26 Å². The zero-order chi connectivity index (χ0) is 17.6. The highest BCUT2D eigenvalue weighted by Crippen LogP contribution is 2.20. The van der Waals surface area contributed by atoms with E-state index in [1.54, 1.807) is 19.2 Å². The standard InChI is InChI=1S/C18H17N3O4/c1-24-15-8-2-12(3-9-15)18-20-17(25-21-18)11-10-16(23)19-13-4-6-14(22)7-5-13/h2-9,22H,10-11H2,1H3,(H,19,23). The molecule has 1 amide bonds. The Morgan fingerprint density at radius 3 is 2.56 bits per heavy atom. The summed E-state index contributed by atoms with van der Waals surface area (Å²) in [5.74, 6) is 1.59. The average molecular weight is 339 g/mol. The van der Waals surface area contributed by atoms with Gasteiger partial charge < -0.3 is 19.7 Å².